The van der Waals surface area contributed by atoms with Crippen molar-refractivity contribution in [2.24, 2.45) is 5.73 Å². The molecule has 2 aliphatic rings. The molecule has 0 aromatic heterocycles. The fourth-order valence-electron chi connectivity index (χ4n) is 3.16. The van der Waals surface area contributed by atoms with Gasteiger partial charge in [-0.25, -0.2) is 4.79 Å². The summed E-state index contributed by atoms with van der Waals surface area (Å²) in [5.41, 5.74) is 4.11. The van der Waals surface area contributed by atoms with Gasteiger partial charge < -0.3 is 20.7 Å². The van der Waals surface area contributed by atoms with E-state index in [-0.39, 0.29) is 6.09 Å². The third-order valence-electron chi connectivity index (χ3n) is 4.22. The lowest BCUT2D eigenvalue weighted by molar-refractivity contribution is 0.0194. The van der Waals surface area contributed by atoms with Crippen LogP contribution in [0.25, 0.3) is 0 Å². The van der Waals surface area contributed by atoms with E-state index in [9.17, 15) is 4.79 Å². The Morgan fingerprint density at radius 3 is 2.00 bits per heavy atom. The third-order valence-corrected chi connectivity index (χ3v) is 4.22. The quantitative estimate of drug-likeness (QED) is 0.822. The van der Waals surface area contributed by atoms with Gasteiger partial charge in [0.1, 0.15) is 5.60 Å². The summed E-state index contributed by atoms with van der Waals surface area (Å²) in [4.78, 5) is 13.8. The lowest BCUT2D eigenvalue weighted by Crippen LogP contribution is -2.49. The van der Waals surface area contributed by atoms with Gasteiger partial charge in [-0.15, -0.1) is 0 Å². The Bertz CT molecular complexity index is 314. The van der Waals surface area contributed by atoms with Gasteiger partial charge in [0.15, 0.2) is 0 Å². The highest BCUT2D eigenvalue weighted by Crippen LogP contribution is 2.21. The van der Waals surface area contributed by atoms with Gasteiger partial charge in [0.2, 0.25) is 0 Å². The number of nitrogens with two attached hydrogens (primary N) is 1. The maximum atomic E-state index is 12.0. The summed E-state index contributed by atoms with van der Waals surface area (Å²) >= 11 is 0. The van der Waals surface area contributed by atoms with Crippen molar-refractivity contribution >= 4 is 6.09 Å². The van der Waals surface area contributed by atoms with Gasteiger partial charge in [-0.1, -0.05) is 19.3 Å². The number of rotatable bonds is 2. The van der Waals surface area contributed by atoms with Crippen molar-refractivity contribution in [1.29, 1.82) is 0 Å². The van der Waals surface area contributed by atoms with Crippen molar-refractivity contribution in [1.82, 2.24) is 10.2 Å². The van der Waals surface area contributed by atoms with E-state index in [2.05, 4.69) is 11.1 Å². The Balaban J connectivity index is 0.00000116. The summed E-state index contributed by atoms with van der Waals surface area (Å²) < 4.78 is 5.43. The summed E-state index contributed by atoms with van der Waals surface area (Å²) in [5, 5.41) is 3.79. The first kappa shape index (κ1) is 19.2. The van der Waals surface area contributed by atoms with Crippen LogP contribution in [0.1, 0.15) is 65.7 Å². The highest BCUT2D eigenvalue weighted by molar-refractivity contribution is 5.68. The molecule has 1 saturated heterocycles. The summed E-state index contributed by atoms with van der Waals surface area (Å²) in [6.07, 6.45) is 8.73. The Morgan fingerprint density at radius 2 is 1.50 bits per heavy atom. The predicted octanol–water partition coefficient (Wildman–Crippen LogP) is 2.88. The van der Waals surface area contributed by atoms with E-state index in [1.165, 1.54) is 39.2 Å². The number of carbonyl (C=O) groups is 1. The van der Waals surface area contributed by atoms with Crippen molar-refractivity contribution in [2.75, 3.05) is 20.1 Å². The number of hydrogen-bond acceptors (Lipinski definition) is 4. The molecule has 1 saturated carbocycles. The second-order valence-corrected chi connectivity index (χ2v) is 7.24. The molecule has 0 unspecified atom stereocenters. The molecule has 0 spiro atoms. The second kappa shape index (κ2) is 9.36. The van der Waals surface area contributed by atoms with Crippen molar-refractivity contribution in [3.63, 3.8) is 0 Å². The minimum absolute atomic E-state index is 0.159. The molecule has 2 fully saturated rings. The normalized spacial score (nSPS) is 21.0. The van der Waals surface area contributed by atoms with E-state index >= 15 is 0 Å². The van der Waals surface area contributed by atoms with Crippen molar-refractivity contribution in [2.45, 2.75) is 83.4 Å². The van der Waals surface area contributed by atoms with Crippen molar-refractivity contribution in [3.8, 4) is 0 Å². The van der Waals surface area contributed by atoms with Crippen LogP contribution in [0.15, 0.2) is 0 Å². The highest BCUT2D eigenvalue weighted by Gasteiger charge is 2.27. The topological polar surface area (TPSA) is 67.6 Å². The zero-order chi connectivity index (χ0) is 16.6. The lowest BCUT2D eigenvalue weighted by Gasteiger charge is -2.36. The van der Waals surface area contributed by atoms with Crippen molar-refractivity contribution in [3.05, 3.63) is 0 Å². The zero-order valence-corrected chi connectivity index (χ0v) is 14.9. The Morgan fingerprint density at radius 1 is 1.00 bits per heavy atom. The van der Waals surface area contributed by atoms with Crippen LogP contribution >= 0.6 is 0 Å². The molecule has 0 radical (unpaired) electrons. The summed E-state index contributed by atoms with van der Waals surface area (Å²) in [5.74, 6) is 0. The monoisotopic (exact) mass is 313 g/mol. The van der Waals surface area contributed by atoms with Gasteiger partial charge >= 0.3 is 6.09 Å². The molecule has 1 aliphatic heterocycles. The summed E-state index contributed by atoms with van der Waals surface area (Å²) in [7, 11) is 1.50. The fourth-order valence-corrected chi connectivity index (χ4v) is 3.16. The lowest BCUT2D eigenvalue weighted by atomic mass is 9.93. The maximum Gasteiger partial charge on any atom is 0.410 e. The van der Waals surface area contributed by atoms with Gasteiger partial charge in [0.05, 0.1) is 0 Å². The number of nitrogens with one attached hydrogen (secondary N) is 1. The molecule has 1 heterocycles. The van der Waals surface area contributed by atoms with E-state index in [1.807, 2.05) is 25.7 Å². The summed E-state index contributed by atoms with van der Waals surface area (Å²) in [6, 6.07) is 1.29. The van der Waals surface area contributed by atoms with E-state index in [1.54, 1.807) is 0 Å². The standard InChI is InChI=1S/C16H30N2O2.CH5N/c1-16(2,3)20-15(19)18-11-9-14(10-12-18)17-13-7-5-4-6-8-13;1-2/h13-14,17H,4-12H2,1-3H3;2H2,1H3. The van der Waals surface area contributed by atoms with Gasteiger partial charge in [-0.3, -0.25) is 0 Å². The Hall–Kier alpha value is -0.810. The average Bonchev–Trinajstić information content (AvgIpc) is 2.49. The van der Waals surface area contributed by atoms with E-state index in [4.69, 9.17) is 4.74 Å². The van der Waals surface area contributed by atoms with Gasteiger partial charge in [0.25, 0.3) is 0 Å². The molecule has 0 bridgehead atoms. The van der Waals surface area contributed by atoms with Gasteiger partial charge in [-0.05, 0) is 53.5 Å². The Kier molecular flexibility index (Phi) is 8.18. The minimum atomic E-state index is -0.395. The first-order valence-corrected chi connectivity index (χ1v) is 8.76. The van der Waals surface area contributed by atoms with Crippen molar-refractivity contribution < 1.29 is 9.53 Å². The van der Waals surface area contributed by atoms with Crippen LogP contribution in [0, 0.1) is 0 Å². The zero-order valence-electron chi connectivity index (χ0n) is 14.9. The molecule has 2 rings (SSSR count). The average molecular weight is 313 g/mol. The van der Waals surface area contributed by atoms with E-state index in [0.29, 0.717) is 12.1 Å². The molecule has 1 amide bonds. The molecule has 0 atom stereocenters. The Labute approximate surface area is 135 Å². The molecule has 3 N–H and O–H groups in total. The molecular weight excluding hydrogens is 278 g/mol. The van der Waals surface area contributed by atoms with Crippen LogP contribution in [-0.4, -0.2) is 48.8 Å². The highest BCUT2D eigenvalue weighted by atomic mass is 16.6. The van der Waals surface area contributed by atoms with Crippen LogP contribution in [0.5, 0.6) is 0 Å². The van der Waals surface area contributed by atoms with Crippen LogP contribution in [0.4, 0.5) is 4.79 Å². The third kappa shape index (κ3) is 6.97. The fraction of sp³-hybridized carbons (Fsp3) is 0.941. The second-order valence-electron chi connectivity index (χ2n) is 7.24. The number of carbonyl (C=O) groups excluding carboxylic acids is 1. The molecule has 0 aromatic rings. The van der Waals surface area contributed by atoms with Crippen LogP contribution in [0.2, 0.25) is 0 Å². The number of hydrogen-bond donors (Lipinski definition) is 2. The minimum Gasteiger partial charge on any atom is -0.444 e. The maximum absolute atomic E-state index is 12.0. The molecule has 0 aromatic carbocycles. The molecule has 5 heteroatoms. The van der Waals surface area contributed by atoms with Gasteiger partial charge in [0, 0.05) is 25.2 Å². The SMILES string of the molecule is CC(C)(C)OC(=O)N1CCC(NC2CCCCC2)CC1.CN. The molecule has 1 aliphatic carbocycles. The molecule has 5 nitrogen and oxygen atoms in total. The van der Waals surface area contributed by atoms with Crippen LogP contribution < -0.4 is 11.1 Å². The molecule has 130 valence electrons. The van der Waals surface area contributed by atoms with Gasteiger partial charge in [-0.2, -0.15) is 0 Å². The number of amides is 1. The summed E-state index contributed by atoms with van der Waals surface area (Å²) in [6.45, 7) is 7.39. The smallest absolute Gasteiger partial charge is 0.410 e. The first-order valence-electron chi connectivity index (χ1n) is 8.76. The molecule has 22 heavy (non-hydrogen) atoms. The van der Waals surface area contributed by atoms with E-state index in [0.717, 1.165) is 25.9 Å². The van der Waals surface area contributed by atoms with E-state index < -0.39 is 5.60 Å². The predicted molar refractivity (Wildman–Crippen MR) is 90.9 cm³/mol. The van der Waals surface area contributed by atoms with Crippen LogP contribution in [0.3, 0.4) is 0 Å². The number of piperidine rings is 1. The number of ether oxygens (including phenoxy) is 1. The number of likely N-dealkylation sites (tertiary alicyclic amines) is 1. The molecular formula is C17H35N3O2. The largest absolute Gasteiger partial charge is 0.444 e. The number of nitrogens with zero attached hydrogens (tertiary/aromatic N) is 1. The first-order chi connectivity index (χ1) is 10.4. The van der Waals surface area contributed by atoms with Crippen LogP contribution in [-0.2, 0) is 4.74 Å².